The van der Waals surface area contributed by atoms with E-state index in [-0.39, 0.29) is 17.9 Å². The molecule has 0 N–H and O–H groups in total. The number of nitro groups is 1. The van der Waals surface area contributed by atoms with Crippen molar-refractivity contribution in [2.45, 2.75) is 33.4 Å². The van der Waals surface area contributed by atoms with E-state index in [1.165, 1.54) is 17.7 Å². The fraction of sp³-hybridized carbons (Fsp3) is 0.219. The van der Waals surface area contributed by atoms with E-state index in [1.807, 2.05) is 30.3 Å². The minimum absolute atomic E-state index is 0.111. The maximum Gasteiger partial charge on any atom is 0.338 e. The SMILES string of the molecule is CCOC(=O)C1=C(C)N=c2s/c(=C/c3cc(Br)c(OCc4ccc(Br)cc4)c(OC)c3)c(=O)n2[C@H]1c1ccc(C)c([N+](=O)[O-])c1. The van der Waals surface area contributed by atoms with Crippen LogP contribution in [0.4, 0.5) is 5.69 Å². The number of aromatic nitrogens is 1. The average Bonchev–Trinajstić information content (AvgIpc) is 3.30. The van der Waals surface area contributed by atoms with Gasteiger partial charge in [0.05, 0.1) is 45.0 Å². The Labute approximate surface area is 278 Å². The topological polar surface area (TPSA) is 122 Å². The van der Waals surface area contributed by atoms with Crippen molar-refractivity contribution in [1.82, 2.24) is 4.57 Å². The van der Waals surface area contributed by atoms with Gasteiger partial charge >= 0.3 is 5.97 Å². The van der Waals surface area contributed by atoms with E-state index in [9.17, 15) is 19.7 Å². The Balaban J connectivity index is 1.60. The van der Waals surface area contributed by atoms with Gasteiger partial charge in [0.25, 0.3) is 11.2 Å². The first kappa shape index (κ1) is 32.3. The third-order valence-electron chi connectivity index (χ3n) is 7.11. The van der Waals surface area contributed by atoms with Crippen LogP contribution in [0, 0.1) is 17.0 Å². The van der Waals surface area contributed by atoms with Crippen LogP contribution in [0.1, 0.15) is 42.1 Å². The highest BCUT2D eigenvalue weighted by atomic mass is 79.9. The first-order valence-corrected chi connectivity index (χ1v) is 16.1. The number of fused-ring (bicyclic) bond motifs is 1. The Morgan fingerprint density at radius 2 is 1.87 bits per heavy atom. The Morgan fingerprint density at radius 1 is 1.13 bits per heavy atom. The van der Waals surface area contributed by atoms with Crippen molar-refractivity contribution in [3.8, 4) is 11.5 Å². The summed E-state index contributed by atoms with van der Waals surface area (Å²) >= 11 is 8.16. The molecule has 0 bridgehead atoms. The van der Waals surface area contributed by atoms with Gasteiger partial charge < -0.3 is 14.2 Å². The second-order valence-corrected chi connectivity index (χ2v) is 12.8. The van der Waals surface area contributed by atoms with Crippen LogP contribution in [0.25, 0.3) is 6.08 Å². The molecule has 0 unspecified atom stereocenters. The predicted molar refractivity (Wildman–Crippen MR) is 177 cm³/mol. The third-order valence-corrected chi connectivity index (χ3v) is 9.21. The molecule has 1 aliphatic heterocycles. The van der Waals surface area contributed by atoms with Crippen molar-refractivity contribution in [3.63, 3.8) is 0 Å². The minimum atomic E-state index is -0.975. The molecule has 0 fully saturated rings. The van der Waals surface area contributed by atoms with Crippen LogP contribution < -0.4 is 24.4 Å². The lowest BCUT2D eigenvalue weighted by Crippen LogP contribution is -2.40. The summed E-state index contributed by atoms with van der Waals surface area (Å²) in [7, 11) is 1.53. The van der Waals surface area contributed by atoms with Gasteiger partial charge in [-0.1, -0.05) is 51.5 Å². The van der Waals surface area contributed by atoms with E-state index >= 15 is 0 Å². The zero-order valence-electron chi connectivity index (χ0n) is 24.6. The lowest BCUT2D eigenvalue weighted by atomic mass is 9.94. The number of thiazole rings is 1. The van der Waals surface area contributed by atoms with Gasteiger partial charge in [0.1, 0.15) is 6.61 Å². The highest BCUT2D eigenvalue weighted by Gasteiger charge is 2.34. The second-order valence-electron chi connectivity index (χ2n) is 10.1. The molecule has 0 saturated heterocycles. The Bertz CT molecular complexity index is 2030. The first-order valence-electron chi connectivity index (χ1n) is 13.7. The predicted octanol–water partition coefficient (Wildman–Crippen LogP) is 6.13. The van der Waals surface area contributed by atoms with Crippen LogP contribution in [0.3, 0.4) is 0 Å². The summed E-state index contributed by atoms with van der Waals surface area (Å²) in [6.45, 7) is 5.40. The maximum absolute atomic E-state index is 14.0. The normalized spacial score (nSPS) is 14.5. The minimum Gasteiger partial charge on any atom is -0.493 e. The van der Waals surface area contributed by atoms with E-state index in [0.717, 1.165) is 21.4 Å². The molecule has 232 valence electrons. The molecule has 0 radical (unpaired) electrons. The number of carbonyl (C=O) groups excluding carboxylic acids is 1. The van der Waals surface area contributed by atoms with Gasteiger partial charge in [0.15, 0.2) is 16.3 Å². The molecule has 1 aliphatic rings. The molecule has 4 aromatic rings. The molecule has 2 heterocycles. The molecule has 10 nitrogen and oxygen atoms in total. The number of hydrogen-bond donors (Lipinski definition) is 0. The molecular formula is C32H27Br2N3O7S. The van der Waals surface area contributed by atoms with Gasteiger partial charge in [-0.05, 0) is 83.7 Å². The molecule has 0 spiro atoms. The van der Waals surface area contributed by atoms with Crippen molar-refractivity contribution in [1.29, 1.82) is 0 Å². The van der Waals surface area contributed by atoms with Crippen molar-refractivity contribution in [2.24, 2.45) is 4.99 Å². The molecule has 1 aromatic heterocycles. The lowest BCUT2D eigenvalue weighted by molar-refractivity contribution is -0.385. The van der Waals surface area contributed by atoms with Crippen LogP contribution in [-0.4, -0.2) is 29.2 Å². The maximum atomic E-state index is 14.0. The highest BCUT2D eigenvalue weighted by molar-refractivity contribution is 9.10. The first-order chi connectivity index (χ1) is 21.5. The summed E-state index contributed by atoms with van der Waals surface area (Å²) in [5.74, 6) is 0.328. The zero-order valence-corrected chi connectivity index (χ0v) is 28.6. The molecule has 0 amide bonds. The van der Waals surface area contributed by atoms with Gasteiger partial charge in [-0.3, -0.25) is 19.5 Å². The van der Waals surface area contributed by atoms with Crippen molar-refractivity contribution in [3.05, 3.63) is 127 Å². The number of methoxy groups -OCH3 is 1. The summed E-state index contributed by atoms with van der Waals surface area (Å²) in [5, 5.41) is 11.8. The van der Waals surface area contributed by atoms with Gasteiger partial charge in [0, 0.05) is 16.1 Å². The lowest BCUT2D eigenvalue weighted by Gasteiger charge is -2.24. The van der Waals surface area contributed by atoms with Crippen molar-refractivity contribution < 1.29 is 23.9 Å². The van der Waals surface area contributed by atoms with Crippen molar-refractivity contribution in [2.75, 3.05) is 13.7 Å². The largest absolute Gasteiger partial charge is 0.493 e. The summed E-state index contributed by atoms with van der Waals surface area (Å²) in [6.07, 6.45) is 1.70. The fourth-order valence-corrected chi connectivity index (χ4v) is 6.84. The van der Waals surface area contributed by atoms with Gasteiger partial charge in [-0.2, -0.15) is 0 Å². The molecule has 0 aliphatic carbocycles. The Morgan fingerprint density at radius 3 is 2.53 bits per heavy atom. The standard InChI is InChI=1S/C32H27Br2N3O7S/c1-5-43-31(39)27-18(3)35-32-36(28(27)21-9-6-17(2)24(15-21)37(40)41)30(38)26(45-32)14-20-12-23(34)29(25(13-20)42-4)44-16-19-7-10-22(33)11-8-19/h6-15,28H,5,16H2,1-4H3/b26-14+/t28-/m0/s1. The van der Waals surface area contributed by atoms with E-state index in [1.54, 1.807) is 45.0 Å². The molecule has 45 heavy (non-hydrogen) atoms. The van der Waals surface area contributed by atoms with Crippen LogP contribution in [0.5, 0.6) is 11.5 Å². The van der Waals surface area contributed by atoms with Gasteiger partial charge in [0.2, 0.25) is 0 Å². The number of nitrogens with zero attached hydrogens (tertiary/aromatic N) is 3. The third kappa shape index (κ3) is 6.65. The number of benzene rings is 3. The van der Waals surface area contributed by atoms with E-state index < -0.39 is 22.5 Å². The van der Waals surface area contributed by atoms with Gasteiger partial charge in [-0.25, -0.2) is 9.79 Å². The Kier molecular flexibility index (Phi) is 9.70. The smallest absolute Gasteiger partial charge is 0.338 e. The monoisotopic (exact) mass is 755 g/mol. The number of ether oxygens (including phenoxy) is 3. The number of aryl methyl sites for hydroxylation is 1. The summed E-state index contributed by atoms with van der Waals surface area (Å²) in [5.41, 5.74) is 2.47. The van der Waals surface area contributed by atoms with Crippen LogP contribution in [0.15, 0.2) is 84.6 Å². The van der Waals surface area contributed by atoms with Crippen LogP contribution in [-0.2, 0) is 16.1 Å². The summed E-state index contributed by atoms with van der Waals surface area (Å²) in [4.78, 5) is 43.4. The van der Waals surface area contributed by atoms with E-state index in [2.05, 4.69) is 36.9 Å². The molecule has 13 heteroatoms. The fourth-order valence-electron chi connectivity index (χ4n) is 4.95. The molecule has 5 rings (SSSR count). The molecular weight excluding hydrogens is 730 g/mol. The number of esters is 1. The molecule has 3 aromatic carbocycles. The molecule has 1 atom stereocenters. The number of halogens is 2. The quantitative estimate of drug-likeness (QED) is 0.115. The molecule has 0 saturated carbocycles. The number of hydrogen-bond acceptors (Lipinski definition) is 9. The van der Waals surface area contributed by atoms with E-state index in [0.29, 0.717) is 54.3 Å². The summed E-state index contributed by atoms with van der Waals surface area (Å²) < 4.78 is 20.3. The Hall–Kier alpha value is -4.07. The highest BCUT2D eigenvalue weighted by Crippen LogP contribution is 2.38. The van der Waals surface area contributed by atoms with E-state index in [4.69, 9.17) is 14.2 Å². The van der Waals surface area contributed by atoms with Crippen LogP contribution >= 0.6 is 43.2 Å². The summed E-state index contributed by atoms with van der Waals surface area (Å²) in [6, 6.07) is 15.1. The second kappa shape index (κ2) is 13.5. The van der Waals surface area contributed by atoms with Crippen LogP contribution in [0.2, 0.25) is 0 Å². The number of carbonyl (C=O) groups is 1. The van der Waals surface area contributed by atoms with Gasteiger partial charge in [-0.15, -0.1) is 0 Å². The average molecular weight is 757 g/mol. The number of nitro benzene ring substituents is 1. The number of allylic oxidation sites excluding steroid dienone is 1. The van der Waals surface area contributed by atoms with Crippen molar-refractivity contribution >= 4 is 60.9 Å². The number of rotatable bonds is 9. The zero-order chi connectivity index (χ0) is 32.4.